The Kier molecular flexibility index (Phi) is 3.61. The predicted molar refractivity (Wildman–Crippen MR) is 85.6 cm³/mol. The molecule has 2 heteroatoms. The Hall–Kier alpha value is -2.35. The van der Waals surface area contributed by atoms with Gasteiger partial charge in [-0.05, 0) is 41.8 Å². The van der Waals surface area contributed by atoms with Gasteiger partial charge in [-0.3, -0.25) is 4.79 Å². The molecule has 0 radical (unpaired) electrons. The predicted octanol–water partition coefficient (Wildman–Crippen LogP) is 5.39. The number of Topliss-reactive ketones (excluding diaryl/α,β-unsaturated/α-hetero) is 1. The molecule has 2 aromatic carbocycles. The molecular formula is C19H18O2. The molecule has 3 aromatic rings. The van der Waals surface area contributed by atoms with E-state index in [0.717, 1.165) is 28.7 Å². The van der Waals surface area contributed by atoms with Crippen molar-refractivity contribution in [3.05, 3.63) is 59.9 Å². The zero-order valence-corrected chi connectivity index (χ0v) is 12.3. The molecule has 0 aliphatic heterocycles. The summed E-state index contributed by atoms with van der Waals surface area (Å²) in [7, 11) is 0. The van der Waals surface area contributed by atoms with Crippen molar-refractivity contribution in [3.8, 4) is 11.3 Å². The number of hydrogen-bond acceptors (Lipinski definition) is 2. The Labute approximate surface area is 124 Å². The maximum atomic E-state index is 11.9. The van der Waals surface area contributed by atoms with Crippen LogP contribution in [0.15, 0.2) is 52.9 Å². The van der Waals surface area contributed by atoms with Crippen LogP contribution < -0.4 is 0 Å². The summed E-state index contributed by atoms with van der Waals surface area (Å²) in [6.07, 6.45) is 1.36. The molecule has 0 fully saturated rings. The third-order valence-corrected chi connectivity index (χ3v) is 3.74. The largest absolute Gasteiger partial charge is 0.453 e. The second-order valence-electron chi connectivity index (χ2n) is 5.32. The highest BCUT2D eigenvalue weighted by atomic mass is 16.3. The van der Waals surface area contributed by atoms with E-state index in [2.05, 4.69) is 31.2 Å². The van der Waals surface area contributed by atoms with Crippen molar-refractivity contribution >= 4 is 16.6 Å². The second-order valence-corrected chi connectivity index (χ2v) is 5.32. The van der Waals surface area contributed by atoms with Crippen molar-refractivity contribution in [2.45, 2.75) is 26.7 Å². The number of carbonyl (C=O) groups excluding carboxylic acids is 1. The highest BCUT2D eigenvalue weighted by molar-refractivity contribution is 5.98. The minimum absolute atomic E-state index is 0.0710. The lowest BCUT2D eigenvalue weighted by atomic mass is 9.98. The Morgan fingerprint density at radius 3 is 2.67 bits per heavy atom. The van der Waals surface area contributed by atoms with Crippen molar-refractivity contribution < 1.29 is 9.21 Å². The summed E-state index contributed by atoms with van der Waals surface area (Å²) < 4.78 is 5.82. The molecule has 0 aliphatic carbocycles. The molecule has 0 saturated heterocycles. The van der Waals surface area contributed by atoms with E-state index in [1.165, 1.54) is 5.39 Å². The number of carbonyl (C=O) groups is 1. The fraction of sp³-hybridized carbons (Fsp3) is 0.211. The molecule has 2 nitrogen and oxygen atoms in total. The molecule has 1 aromatic heterocycles. The molecule has 0 N–H and O–H groups in total. The van der Waals surface area contributed by atoms with E-state index in [1.807, 2.05) is 25.1 Å². The van der Waals surface area contributed by atoms with E-state index < -0.39 is 0 Å². The average Bonchev–Trinajstić information content (AvgIpc) is 2.97. The SMILES string of the molecule is CCCC(=O)c1ccc(-c2c(C)ccc3ccccc23)o1. The summed E-state index contributed by atoms with van der Waals surface area (Å²) in [4.78, 5) is 11.9. The van der Waals surface area contributed by atoms with Crippen molar-refractivity contribution in [1.82, 2.24) is 0 Å². The van der Waals surface area contributed by atoms with Crippen LogP contribution in [0, 0.1) is 6.92 Å². The van der Waals surface area contributed by atoms with E-state index in [4.69, 9.17) is 4.42 Å². The van der Waals surface area contributed by atoms with Gasteiger partial charge in [0.2, 0.25) is 0 Å². The number of furan rings is 1. The van der Waals surface area contributed by atoms with Gasteiger partial charge in [0.1, 0.15) is 5.76 Å². The first-order valence-electron chi connectivity index (χ1n) is 7.32. The Morgan fingerprint density at radius 2 is 1.86 bits per heavy atom. The van der Waals surface area contributed by atoms with Crippen molar-refractivity contribution in [2.75, 3.05) is 0 Å². The molecule has 0 spiro atoms. The average molecular weight is 278 g/mol. The van der Waals surface area contributed by atoms with Crippen LogP contribution in [-0.2, 0) is 0 Å². The molecule has 0 atom stereocenters. The molecule has 0 unspecified atom stereocenters. The van der Waals surface area contributed by atoms with Crippen LogP contribution in [0.3, 0.4) is 0 Å². The lowest BCUT2D eigenvalue weighted by Crippen LogP contribution is -1.94. The summed E-state index contributed by atoms with van der Waals surface area (Å²) in [5.41, 5.74) is 2.22. The van der Waals surface area contributed by atoms with Crippen LogP contribution in [-0.4, -0.2) is 5.78 Å². The topological polar surface area (TPSA) is 30.2 Å². The molecular weight excluding hydrogens is 260 g/mol. The molecule has 0 saturated carbocycles. The minimum atomic E-state index is 0.0710. The molecule has 21 heavy (non-hydrogen) atoms. The highest BCUT2D eigenvalue weighted by Gasteiger charge is 2.14. The number of aryl methyl sites for hydroxylation is 1. The normalized spacial score (nSPS) is 11.0. The van der Waals surface area contributed by atoms with Gasteiger partial charge in [0, 0.05) is 12.0 Å². The number of ketones is 1. The smallest absolute Gasteiger partial charge is 0.198 e. The van der Waals surface area contributed by atoms with E-state index in [-0.39, 0.29) is 5.78 Å². The van der Waals surface area contributed by atoms with E-state index in [0.29, 0.717) is 12.2 Å². The van der Waals surface area contributed by atoms with Crippen molar-refractivity contribution in [2.24, 2.45) is 0 Å². The van der Waals surface area contributed by atoms with Gasteiger partial charge in [-0.2, -0.15) is 0 Å². The first-order valence-corrected chi connectivity index (χ1v) is 7.32. The van der Waals surface area contributed by atoms with Crippen LogP contribution in [0.25, 0.3) is 22.1 Å². The molecule has 0 amide bonds. The van der Waals surface area contributed by atoms with Gasteiger partial charge >= 0.3 is 0 Å². The Morgan fingerprint density at radius 1 is 1.05 bits per heavy atom. The van der Waals surface area contributed by atoms with Crippen LogP contribution in [0.1, 0.15) is 35.9 Å². The van der Waals surface area contributed by atoms with Crippen LogP contribution >= 0.6 is 0 Å². The van der Waals surface area contributed by atoms with Crippen LogP contribution in [0.2, 0.25) is 0 Å². The molecule has 0 bridgehead atoms. The first-order chi connectivity index (χ1) is 10.2. The second kappa shape index (κ2) is 5.57. The van der Waals surface area contributed by atoms with E-state index in [9.17, 15) is 4.79 Å². The lowest BCUT2D eigenvalue weighted by molar-refractivity contribution is 0.0955. The van der Waals surface area contributed by atoms with Gasteiger partial charge in [-0.15, -0.1) is 0 Å². The van der Waals surface area contributed by atoms with Gasteiger partial charge in [0.25, 0.3) is 0 Å². The van der Waals surface area contributed by atoms with Crippen molar-refractivity contribution in [1.29, 1.82) is 0 Å². The third-order valence-electron chi connectivity index (χ3n) is 3.74. The van der Waals surface area contributed by atoms with E-state index in [1.54, 1.807) is 6.07 Å². The van der Waals surface area contributed by atoms with Gasteiger partial charge in [-0.25, -0.2) is 0 Å². The lowest BCUT2D eigenvalue weighted by Gasteiger charge is -2.08. The number of rotatable bonds is 4. The van der Waals surface area contributed by atoms with Gasteiger partial charge in [0.05, 0.1) is 0 Å². The monoisotopic (exact) mass is 278 g/mol. The Bertz CT molecular complexity index is 796. The first kappa shape index (κ1) is 13.6. The summed E-state index contributed by atoms with van der Waals surface area (Å²) in [5, 5.41) is 2.33. The molecule has 106 valence electrons. The maximum absolute atomic E-state index is 11.9. The summed E-state index contributed by atoms with van der Waals surface area (Å²) in [5.74, 6) is 1.30. The molecule has 0 aliphatic rings. The fourth-order valence-corrected chi connectivity index (χ4v) is 2.68. The molecule has 1 heterocycles. The number of benzene rings is 2. The number of hydrogen-bond donors (Lipinski definition) is 0. The summed E-state index contributed by atoms with van der Waals surface area (Å²) >= 11 is 0. The quantitative estimate of drug-likeness (QED) is 0.599. The maximum Gasteiger partial charge on any atom is 0.198 e. The summed E-state index contributed by atoms with van der Waals surface area (Å²) in [6.45, 7) is 4.06. The minimum Gasteiger partial charge on any atom is -0.453 e. The zero-order chi connectivity index (χ0) is 14.8. The standard InChI is InChI=1S/C19H18O2/c1-3-6-16(20)17-11-12-18(21-17)19-13(2)9-10-14-7-4-5-8-15(14)19/h4-5,7-12H,3,6H2,1-2H3. The fourth-order valence-electron chi connectivity index (χ4n) is 2.68. The van der Waals surface area contributed by atoms with Crippen LogP contribution in [0.4, 0.5) is 0 Å². The molecule has 3 rings (SSSR count). The van der Waals surface area contributed by atoms with Crippen LogP contribution in [0.5, 0.6) is 0 Å². The third kappa shape index (κ3) is 2.49. The Balaban J connectivity index is 2.12. The number of fused-ring (bicyclic) bond motifs is 1. The zero-order valence-electron chi connectivity index (χ0n) is 12.3. The van der Waals surface area contributed by atoms with Gasteiger partial charge < -0.3 is 4.42 Å². The summed E-state index contributed by atoms with van der Waals surface area (Å²) in [6, 6.07) is 16.1. The van der Waals surface area contributed by atoms with Gasteiger partial charge in [-0.1, -0.05) is 43.3 Å². The van der Waals surface area contributed by atoms with Crippen molar-refractivity contribution in [3.63, 3.8) is 0 Å². The van der Waals surface area contributed by atoms with E-state index >= 15 is 0 Å². The highest BCUT2D eigenvalue weighted by Crippen LogP contribution is 2.33. The van der Waals surface area contributed by atoms with Gasteiger partial charge in [0.15, 0.2) is 11.5 Å².